The summed E-state index contributed by atoms with van der Waals surface area (Å²) in [5, 5.41) is 8.76. The highest BCUT2D eigenvalue weighted by atomic mass is 15.1. The first-order valence-electron chi connectivity index (χ1n) is 7.32. The van der Waals surface area contributed by atoms with Crippen molar-refractivity contribution < 1.29 is 0 Å². The molecule has 1 aromatic heterocycles. The molecule has 3 rings (SSSR count). The van der Waals surface area contributed by atoms with E-state index in [1.165, 1.54) is 0 Å². The van der Waals surface area contributed by atoms with Crippen LogP contribution in [0.5, 0.6) is 0 Å². The van der Waals surface area contributed by atoms with E-state index in [-0.39, 0.29) is 5.95 Å². The first kappa shape index (κ1) is 14.8. The molecule has 2 aromatic carbocycles. The molecule has 0 bridgehead atoms. The lowest BCUT2D eigenvalue weighted by Crippen LogP contribution is -1.99. The molecule has 0 radical (unpaired) electrons. The quantitative estimate of drug-likeness (QED) is 0.709. The molecule has 23 heavy (non-hydrogen) atoms. The fourth-order valence-electron chi connectivity index (χ4n) is 2.29. The van der Waals surface area contributed by atoms with Gasteiger partial charge in [0.15, 0.2) is 0 Å². The lowest BCUT2D eigenvalue weighted by molar-refractivity contribution is 1.08. The van der Waals surface area contributed by atoms with Crippen molar-refractivity contribution in [1.82, 2.24) is 9.97 Å². The first-order chi connectivity index (χ1) is 11.1. The summed E-state index contributed by atoms with van der Waals surface area (Å²) in [4.78, 5) is 8.56. The van der Waals surface area contributed by atoms with Gasteiger partial charge in [-0.05, 0) is 25.5 Å². The summed E-state index contributed by atoms with van der Waals surface area (Å²) < 4.78 is 0. The molecule has 0 aliphatic carbocycles. The third kappa shape index (κ3) is 3.23. The van der Waals surface area contributed by atoms with E-state index in [4.69, 9.17) is 5.73 Å². The van der Waals surface area contributed by atoms with E-state index in [9.17, 15) is 0 Å². The van der Waals surface area contributed by atoms with Crippen molar-refractivity contribution >= 4 is 17.3 Å². The minimum absolute atomic E-state index is 0.233. The third-order valence-corrected chi connectivity index (χ3v) is 3.50. The second-order valence-electron chi connectivity index (χ2n) is 5.22. The lowest BCUT2D eigenvalue weighted by Gasteiger charge is -2.08. The Morgan fingerprint density at radius 3 is 2.26 bits per heavy atom. The van der Waals surface area contributed by atoms with Gasteiger partial charge in [-0.2, -0.15) is 5.11 Å². The Hall–Kier alpha value is -3.08. The van der Waals surface area contributed by atoms with E-state index in [0.717, 1.165) is 16.8 Å². The molecular formula is C18H17N5. The van der Waals surface area contributed by atoms with Gasteiger partial charge in [-0.1, -0.05) is 48.5 Å². The molecule has 2 N–H and O–H groups in total. The van der Waals surface area contributed by atoms with Gasteiger partial charge in [-0.15, -0.1) is 5.11 Å². The molecule has 5 nitrogen and oxygen atoms in total. The summed E-state index contributed by atoms with van der Waals surface area (Å²) >= 11 is 0. The summed E-state index contributed by atoms with van der Waals surface area (Å²) in [6, 6.07) is 17.6. The zero-order valence-corrected chi connectivity index (χ0v) is 13.1. The summed E-state index contributed by atoms with van der Waals surface area (Å²) in [7, 11) is 0. The van der Waals surface area contributed by atoms with E-state index >= 15 is 0 Å². The fraction of sp³-hybridized carbons (Fsp3) is 0.111. The normalized spacial score (nSPS) is 11.0. The molecule has 0 amide bonds. The topological polar surface area (TPSA) is 76.5 Å². The largest absolute Gasteiger partial charge is 0.368 e. The highest BCUT2D eigenvalue weighted by molar-refractivity contribution is 5.74. The van der Waals surface area contributed by atoms with Crippen LogP contribution in [0.3, 0.4) is 0 Å². The van der Waals surface area contributed by atoms with Gasteiger partial charge in [0, 0.05) is 5.56 Å². The predicted molar refractivity (Wildman–Crippen MR) is 92.0 cm³/mol. The first-order valence-corrected chi connectivity index (χ1v) is 7.32. The molecule has 0 spiro atoms. The SMILES string of the molecule is Cc1ccccc1N=Nc1c(C)nc(N)nc1-c1ccccc1. The zero-order valence-electron chi connectivity index (χ0n) is 13.1. The summed E-state index contributed by atoms with van der Waals surface area (Å²) in [5.41, 5.74) is 10.6. The predicted octanol–water partition coefficient (Wildman–Crippen LogP) is 4.76. The highest BCUT2D eigenvalue weighted by Gasteiger charge is 2.12. The van der Waals surface area contributed by atoms with E-state index in [2.05, 4.69) is 20.2 Å². The molecule has 0 fully saturated rings. The number of rotatable bonds is 3. The molecule has 3 aromatic rings. The minimum atomic E-state index is 0.233. The number of hydrogen-bond acceptors (Lipinski definition) is 5. The molecule has 0 saturated heterocycles. The van der Waals surface area contributed by atoms with Crippen molar-refractivity contribution in [1.29, 1.82) is 0 Å². The van der Waals surface area contributed by atoms with E-state index in [0.29, 0.717) is 17.1 Å². The number of hydrogen-bond donors (Lipinski definition) is 1. The Balaban J connectivity index is 2.10. The van der Waals surface area contributed by atoms with Gasteiger partial charge >= 0.3 is 0 Å². The van der Waals surface area contributed by atoms with Crippen molar-refractivity contribution in [2.45, 2.75) is 13.8 Å². The van der Waals surface area contributed by atoms with Gasteiger partial charge in [0.25, 0.3) is 0 Å². The number of nitrogen functional groups attached to an aromatic ring is 1. The standard InChI is InChI=1S/C18H17N5/c1-12-8-6-7-11-15(12)22-23-16-13(2)20-18(19)21-17(16)14-9-4-3-5-10-14/h3-11H,1-2H3,(H2,19,20,21). The maximum absolute atomic E-state index is 5.80. The fourth-order valence-corrected chi connectivity index (χ4v) is 2.29. The number of aryl methyl sites for hydroxylation is 2. The Morgan fingerprint density at radius 1 is 0.826 bits per heavy atom. The monoisotopic (exact) mass is 303 g/mol. The average Bonchev–Trinajstić information content (AvgIpc) is 2.56. The summed E-state index contributed by atoms with van der Waals surface area (Å²) in [5.74, 6) is 0.233. The van der Waals surface area contributed by atoms with Crippen molar-refractivity contribution in [3.05, 3.63) is 65.9 Å². The number of nitrogens with two attached hydrogens (primary N) is 1. The number of nitrogens with zero attached hydrogens (tertiary/aromatic N) is 4. The van der Waals surface area contributed by atoms with Crippen LogP contribution in [0, 0.1) is 13.8 Å². The van der Waals surface area contributed by atoms with Crippen LogP contribution >= 0.6 is 0 Å². The van der Waals surface area contributed by atoms with Gasteiger partial charge in [0.05, 0.1) is 11.4 Å². The van der Waals surface area contributed by atoms with Crippen LogP contribution in [0.2, 0.25) is 0 Å². The lowest BCUT2D eigenvalue weighted by atomic mass is 10.1. The van der Waals surface area contributed by atoms with Gasteiger partial charge in [0.1, 0.15) is 11.4 Å². The molecule has 0 atom stereocenters. The van der Waals surface area contributed by atoms with Crippen LogP contribution < -0.4 is 5.73 Å². The second kappa shape index (κ2) is 6.36. The molecule has 5 heteroatoms. The van der Waals surface area contributed by atoms with Crippen molar-refractivity contribution in [3.8, 4) is 11.3 Å². The number of azo groups is 1. The number of benzene rings is 2. The van der Waals surface area contributed by atoms with Crippen molar-refractivity contribution in [2.75, 3.05) is 5.73 Å². The molecule has 0 saturated carbocycles. The van der Waals surface area contributed by atoms with E-state index in [1.54, 1.807) is 0 Å². The van der Waals surface area contributed by atoms with Crippen LogP contribution in [-0.4, -0.2) is 9.97 Å². The number of anilines is 1. The Kier molecular flexibility index (Phi) is 4.10. The third-order valence-electron chi connectivity index (χ3n) is 3.50. The smallest absolute Gasteiger partial charge is 0.220 e. The maximum Gasteiger partial charge on any atom is 0.220 e. The average molecular weight is 303 g/mol. The Bertz CT molecular complexity index is 857. The number of aromatic nitrogens is 2. The summed E-state index contributed by atoms with van der Waals surface area (Å²) in [6.45, 7) is 3.86. The van der Waals surface area contributed by atoms with Crippen LogP contribution in [-0.2, 0) is 0 Å². The van der Waals surface area contributed by atoms with E-state index < -0.39 is 0 Å². The summed E-state index contributed by atoms with van der Waals surface area (Å²) in [6.07, 6.45) is 0. The highest BCUT2D eigenvalue weighted by Crippen LogP contribution is 2.32. The molecule has 114 valence electrons. The Morgan fingerprint density at radius 2 is 1.52 bits per heavy atom. The van der Waals surface area contributed by atoms with E-state index in [1.807, 2.05) is 68.4 Å². The molecular weight excluding hydrogens is 286 g/mol. The maximum atomic E-state index is 5.80. The second-order valence-corrected chi connectivity index (χ2v) is 5.22. The van der Waals surface area contributed by atoms with Gasteiger partial charge in [-0.25, -0.2) is 9.97 Å². The minimum Gasteiger partial charge on any atom is -0.368 e. The van der Waals surface area contributed by atoms with Crippen LogP contribution in [0.4, 0.5) is 17.3 Å². The Labute approximate surface area is 135 Å². The van der Waals surface area contributed by atoms with Gasteiger partial charge in [0.2, 0.25) is 5.95 Å². The molecule has 0 aliphatic heterocycles. The zero-order chi connectivity index (χ0) is 16.2. The van der Waals surface area contributed by atoms with Crippen molar-refractivity contribution in [2.24, 2.45) is 10.2 Å². The van der Waals surface area contributed by atoms with Crippen LogP contribution in [0.25, 0.3) is 11.3 Å². The van der Waals surface area contributed by atoms with Crippen LogP contribution in [0.15, 0.2) is 64.8 Å². The molecule has 0 unspecified atom stereocenters. The van der Waals surface area contributed by atoms with Crippen molar-refractivity contribution in [3.63, 3.8) is 0 Å². The van der Waals surface area contributed by atoms with Gasteiger partial charge in [-0.3, -0.25) is 0 Å². The van der Waals surface area contributed by atoms with Crippen LogP contribution in [0.1, 0.15) is 11.3 Å². The molecule has 0 aliphatic rings. The molecule has 1 heterocycles. The van der Waals surface area contributed by atoms with Gasteiger partial charge < -0.3 is 5.73 Å².